The molecule has 0 rings (SSSR count). The van der Waals surface area contributed by atoms with Gasteiger partial charge in [-0.05, 0) is 0 Å². The van der Waals surface area contributed by atoms with Crippen LogP contribution >= 0.6 is 0 Å². The summed E-state index contributed by atoms with van der Waals surface area (Å²) in [5, 5.41) is 0. The maximum absolute atomic E-state index is 0. The van der Waals surface area contributed by atoms with Crippen molar-refractivity contribution in [3.8, 4) is 0 Å². The number of hydrogen-bond donors (Lipinski definition) is 0. The second kappa shape index (κ2) is 149. The maximum Gasteiger partial charge on any atom is 0 e. The third kappa shape index (κ3) is 78.6. The van der Waals surface area contributed by atoms with Crippen molar-refractivity contribution in [2.45, 2.75) is 0 Å². The van der Waals surface area contributed by atoms with Crippen molar-refractivity contribution in [3.05, 3.63) is 0 Å². The summed E-state index contributed by atoms with van der Waals surface area (Å²) in [5.41, 5.74) is 0. The Kier molecular flexibility index (Phi) is 8810. The molecule has 0 spiro atoms. The Morgan fingerprint density at radius 2 is 0.400 bits per heavy atom. The molecule has 4 radical (unpaired) electrons. The molecular weight excluding hydrogens is 283 g/mol. The van der Waals surface area contributed by atoms with E-state index in [2.05, 4.69) is 0 Å². The SMILES string of the molecule is [F-].[F-].[F-].[F-].[Pb]. The van der Waals surface area contributed by atoms with Gasteiger partial charge in [0.15, 0.2) is 0 Å². The van der Waals surface area contributed by atoms with Crippen LogP contribution in [0, 0.1) is 0 Å². The van der Waals surface area contributed by atoms with Crippen LogP contribution in [0.25, 0.3) is 0 Å². The van der Waals surface area contributed by atoms with E-state index in [9.17, 15) is 0 Å². The van der Waals surface area contributed by atoms with Crippen molar-refractivity contribution in [3.63, 3.8) is 0 Å². The van der Waals surface area contributed by atoms with Crippen molar-refractivity contribution < 1.29 is 18.8 Å². The first-order valence-corrected chi connectivity index (χ1v) is 0. The van der Waals surface area contributed by atoms with Gasteiger partial charge in [-0.25, -0.2) is 0 Å². The quantitative estimate of drug-likeness (QED) is 0.306. The molecule has 0 aliphatic carbocycles. The minimum absolute atomic E-state index is 0. The molecule has 0 fully saturated rings. The van der Waals surface area contributed by atoms with Crippen molar-refractivity contribution in [1.82, 2.24) is 0 Å². The van der Waals surface area contributed by atoms with Gasteiger partial charge >= 0.3 is 0 Å². The topological polar surface area (TPSA) is 0 Å². The molecule has 0 aliphatic heterocycles. The predicted molar refractivity (Wildman–Crippen MR) is 5.75 cm³/mol. The summed E-state index contributed by atoms with van der Waals surface area (Å²) in [6.07, 6.45) is 0. The van der Waals surface area contributed by atoms with Gasteiger partial charge in [0.1, 0.15) is 0 Å². The van der Waals surface area contributed by atoms with Gasteiger partial charge < -0.3 is 18.8 Å². The number of halogens is 4. The first-order valence-electron chi connectivity index (χ1n) is 0. The molecule has 36 valence electrons. The fourth-order valence-corrected chi connectivity index (χ4v) is 0. The van der Waals surface area contributed by atoms with E-state index in [0.29, 0.717) is 0 Å². The van der Waals surface area contributed by atoms with Gasteiger partial charge in [-0.2, -0.15) is 0 Å². The summed E-state index contributed by atoms with van der Waals surface area (Å²) >= 11 is 0. The third-order valence-corrected chi connectivity index (χ3v) is 0. The van der Waals surface area contributed by atoms with E-state index in [-0.39, 0.29) is 46.1 Å². The van der Waals surface area contributed by atoms with E-state index >= 15 is 0 Å². The average Bonchev–Trinajstić information content (AvgIpc) is 0. The summed E-state index contributed by atoms with van der Waals surface area (Å²) in [4.78, 5) is 0. The molecule has 5 heavy (non-hydrogen) atoms. The van der Waals surface area contributed by atoms with E-state index in [4.69, 9.17) is 0 Å². The van der Waals surface area contributed by atoms with Crippen molar-refractivity contribution in [1.29, 1.82) is 0 Å². The van der Waals surface area contributed by atoms with Crippen molar-refractivity contribution >= 4 is 27.3 Å². The summed E-state index contributed by atoms with van der Waals surface area (Å²) in [7, 11) is 0. The van der Waals surface area contributed by atoms with Crippen LogP contribution in [-0.4, -0.2) is 27.3 Å². The molecule has 0 aliphatic rings. The average molecular weight is 283 g/mol. The van der Waals surface area contributed by atoms with E-state index in [1.807, 2.05) is 0 Å². The molecule has 0 saturated heterocycles. The largest absolute Gasteiger partial charge is 1.00 e. The van der Waals surface area contributed by atoms with E-state index in [1.165, 1.54) is 0 Å². The molecule has 0 N–H and O–H groups in total. The standard InChI is InChI=1S/4FH.Pb/h4*1H;/p-4. The summed E-state index contributed by atoms with van der Waals surface area (Å²) in [6, 6.07) is 0. The Morgan fingerprint density at radius 3 is 0.400 bits per heavy atom. The van der Waals surface area contributed by atoms with Gasteiger partial charge in [-0.3, -0.25) is 0 Å². The van der Waals surface area contributed by atoms with Crippen LogP contribution in [0.1, 0.15) is 0 Å². The van der Waals surface area contributed by atoms with Crippen molar-refractivity contribution in [2.75, 3.05) is 0 Å². The van der Waals surface area contributed by atoms with Crippen LogP contribution in [-0.2, 0) is 0 Å². The molecule has 0 heterocycles. The molecule has 0 atom stereocenters. The Bertz CT molecular complexity index is 3.61. The van der Waals surface area contributed by atoms with Gasteiger partial charge in [-0.1, -0.05) is 0 Å². The van der Waals surface area contributed by atoms with Gasteiger partial charge in [0, 0.05) is 27.3 Å². The molecule has 0 unspecified atom stereocenters. The van der Waals surface area contributed by atoms with E-state index in [0.717, 1.165) is 0 Å². The predicted octanol–water partition coefficient (Wildman–Crippen LogP) is -12.4. The summed E-state index contributed by atoms with van der Waals surface area (Å²) in [5.74, 6) is 0. The number of hydrogen-bond acceptors (Lipinski definition) is 0. The second-order valence-electron chi connectivity index (χ2n) is 0. The van der Waals surface area contributed by atoms with Gasteiger partial charge in [-0.15, -0.1) is 0 Å². The molecule has 0 amide bonds. The molecule has 0 aromatic rings. The van der Waals surface area contributed by atoms with Gasteiger partial charge in [0.05, 0.1) is 0 Å². The zero-order valence-corrected chi connectivity index (χ0v) is 5.90. The van der Waals surface area contributed by atoms with Crippen LogP contribution < -0.4 is 18.8 Å². The van der Waals surface area contributed by atoms with E-state index in [1.54, 1.807) is 0 Å². The summed E-state index contributed by atoms with van der Waals surface area (Å²) in [6.45, 7) is 0. The van der Waals surface area contributed by atoms with Gasteiger partial charge in [0.2, 0.25) is 0 Å². The fraction of sp³-hybridized carbons (Fsp3) is 0. The minimum atomic E-state index is 0. The first-order chi connectivity index (χ1) is 0. The maximum atomic E-state index is 0. The van der Waals surface area contributed by atoms with Crippen LogP contribution in [0.3, 0.4) is 0 Å². The monoisotopic (exact) mass is 284 g/mol. The fourth-order valence-electron chi connectivity index (χ4n) is 0. The Hall–Kier alpha value is 0.642. The molecule has 5 heteroatoms. The zero-order chi connectivity index (χ0) is 0. The van der Waals surface area contributed by atoms with Gasteiger partial charge in [0.25, 0.3) is 0 Å². The third-order valence-electron chi connectivity index (χ3n) is 0. The Balaban J connectivity index is 0. The van der Waals surface area contributed by atoms with Crippen molar-refractivity contribution in [2.24, 2.45) is 0 Å². The smallest absolute Gasteiger partial charge is 0 e. The Labute approximate surface area is 46.6 Å². The summed E-state index contributed by atoms with van der Waals surface area (Å²) < 4.78 is 0. The van der Waals surface area contributed by atoms with E-state index < -0.39 is 0 Å². The molecule has 0 aromatic heterocycles. The zero-order valence-electron chi connectivity index (χ0n) is 2.01. The second-order valence-corrected chi connectivity index (χ2v) is 0. The van der Waals surface area contributed by atoms with Crippen LogP contribution in [0.4, 0.5) is 0 Å². The first kappa shape index (κ1) is 295. The normalized spacial score (nSPS) is 0. The molecule has 0 aromatic carbocycles. The molecular formula is F4Pb-4. The van der Waals surface area contributed by atoms with Crippen LogP contribution in [0.15, 0.2) is 0 Å². The minimum Gasteiger partial charge on any atom is -1.00 e. The molecule has 0 bridgehead atoms. The molecule has 0 nitrogen and oxygen atoms in total. The molecule has 0 saturated carbocycles. The number of rotatable bonds is 0. The Morgan fingerprint density at radius 1 is 0.400 bits per heavy atom. The van der Waals surface area contributed by atoms with Crippen LogP contribution in [0.2, 0.25) is 0 Å². The van der Waals surface area contributed by atoms with Crippen LogP contribution in [0.5, 0.6) is 0 Å².